The largest absolute Gasteiger partial charge is 0.482 e. The van der Waals surface area contributed by atoms with Crippen molar-refractivity contribution in [3.63, 3.8) is 0 Å². The van der Waals surface area contributed by atoms with Gasteiger partial charge in [0, 0.05) is 26.2 Å². The van der Waals surface area contributed by atoms with Crippen LogP contribution in [0, 0.1) is 0 Å². The summed E-state index contributed by atoms with van der Waals surface area (Å²) in [5, 5.41) is 17.3. The van der Waals surface area contributed by atoms with Crippen molar-refractivity contribution in [2.45, 2.75) is 0 Å². The first-order chi connectivity index (χ1) is 4.81. The van der Waals surface area contributed by atoms with E-state index in [4.69, 9.17) is 10.0 Å². The van der Waals surface area contributed by atoms with Crippen LogP contribution in [0.2, 0.25) is 0 Å². The smallest absolute Gasteiger partial charge is 0.429 e. The molecule has 1 radical (unpaired) electrons. The lowest BCUT2D eigenvalue weighted by atomic mass is 10.4. The summed E-state index contributed by atoms with van der Waals surface area (Å²) < 4.78 is 0. The Bertz CT molecular complexity index is 68.7. The van der Waals surface area contributed by atoms with Crippen LogP contribution in [0.5, 0.6) is 0 Å². The lowest BCUT2D eigenvalue weighted by Crippen LogP contribution is -2.40. The summed E-state index contributed by atoms with van der Waals surface area (Å²) in [7, 11) is 2.15. The Morgan fingerprint density at radius 3 is 1.90 bits per heavy atom. The number of likely N-dealkylation sites (N-methyl/N-ethyl adjacent to an activating group) is 1. The summed E-state index contributed by atoms with van der Waals surface area (Å²) >= 11 is 0. The number of hydrogen-bond acceptors (Lipinski definition) is 4. The normalized spacial score (nSPS) is 19.1. The zero-order valence-corrected chi connectivity index (χ0v) is 6.25. The van der Waals surface area contributed by atoms with E-state index in [1.54, 1.807) is 0 Å². The average molecular weight is 145 g/mol. The molecule has 1 fully saturated rings. The number of rotatable bonds is 0. The van der Waals surface area contributed by atoms with E-state index in [0.29, 0.717) is 0 Å². The maximum absolute atomic E-state index is 7.00. The highest BCUT2D eigenvalue weighted by Gasteiger charge is 2.01. The van der Waals surface area contributed by atoms with E-state index < -0.39 is 0 Å². The van der Waals surface area contributed by atoms with Crippen LogP contribution in [0.3, 0.4) is 0 Å². The van der Waals surface area contributed by atoms with Crippen LogP contribution in [0.25, 0.3) is 0 Å². The highest BCUT2D eigenvalue weighted by atomic mass is 16.4. The quantitative estimate of drug-likeness (QED) is 0.346. The van der Waals surface area contributed by atoms with Crippen molar-refractivity contribution in [2.75, 3.05) is 33.2 Å². The van der Waals surface area contributed by atoms with Crippen LogP contribution in [0.4, 0.5) is 0 Å². The Morgan fingerprint density at radius 1 is 1.30 bits per heavy atom. The summed E-state index contributed by atoms with van der Waals surface area (Å²) in [6.07, 6.45) is 0. The topological polar surface area (TPSA) is 55.7 Å². The van der Waals surface area contributed by atoms with Crippen molar-refractivity contribution in [1.29, 1.82) is 0 Å². The molecule has 1 aliphatic heterocycles. The molecule has 1 heterocycles. The van der Waals surface area contributed by atoms with Gasteiger partial charge >= 0.3 is 7.69 Å². The van der Waals surface area contributed by atoms with Crippen LogP contribution in [-0.4, -0.2) is 55.9 Å². The van der Waals surface area contributed by atoms with Crippen molar-refractivity contribution >= 4 is 7.69 Å². The maximum Gasteiger partial charge on any atom is 0.482 e. The number of nitrogens with zero attached hydrogens (tertiary/aromatic N) is 1. The molecule has 3 N–H and O–H groups in total. The first kappa shape index (κ1) is 9.90. The first-order valence-electron chi connectivity index (χ1n) is 3.30. The molecule has 0 atom stereocenters. The minimum absolute atomic E-state index is 0. The van der Waals surface area contributed by atoms with E-state index in [0.717, 1.165) is 13.1 Å². The van der Waals surface area contributed by atoms with E-state index in [9.17, 15) is 0 Å². The first-order valence-corrected chi connectivity index (χ1v) is 3.30. The summed E-state index contributed by atoms with van der Waals surface area (Å²) in [5.74, 6) is 0. The number of piperazine rings is 1. The summed E-state index contributed by atoms with van der Waals surface area (Å²) in [6, 6.07) is 0. The van der Waals surface area contributed by atoms with Gasteiger partial charge in [-0.25, -0.2) is 0 Å². The number of nitrogens with one attached hydrogen (secondary N) is 1. The SMILES string of the molecule is CN1CCNCC1.O[B]O. The molecule has 1 aliphatic rings. The minimum atomic E-state index is 0. The van der Waals surface area contributed by atoms with Gasteiger partial charge in [0.15, 0.2) is 0 Å². The molecule has 0 aromatic rings. The van der Waals surface area contributed by atoms with E-state index in [2.05, 4.69) is 17.3 Å². The van der Waals surface area contributed by atoms with E-state index in [1.165, 1.54) is 13.1 Å². The van der Waals surface area contributed by atoms with Crippen molar-refractivity contribution in [3.8, 4) is 0 Å². The van der Waals surface area contributed by atoms with Gasteiger partial charge in [-0.1, -0.05) is 0 Å². The van der Waals surface area contributed by atoms with Crippen molar-refractivity contribution in [1.82, 2.24) is 10.2 Å². The van der Waals surface area contributed by atoms with Crippen LogP contribution >= 0.6 is 0 Å². The Labute approximate surface area is 62.2 Å². The fourth-order valence-corrected chi connectivity index (χ4v) is 0.777. The molecule has 0 spiro atoms. The second-order valence-electron chi connectivity index (χ2n) is 2.17. The molecule has 1 saturated heterocycles. The third-order valence-corrected chi connectivity index (χ3v) is 1.34. The van der Waals surface area contributed by atoms with Crippen molar-refractivity contribution in [3.05, 3.63) is 0 Å². The molecule has 0 amide bonds. The zero-order valence-electron chi connectivity index (χ0n) is 6.25. The Kier molecular flexibility index (Phi) is 6.95. The average Bonchev–Trinajstić information content (AvgIpc) is 1.91. The molecule has 4 nitrogen and oxygen atoms in total. The van der Waals surface area contributed by atoms with Crippen LogP contribution < -0.4 is 5.32 Å². The Hall–Kier alpha value is -0.0951. The lowest BCUT2D eigenvalue weighted by molar-refractivity contribution is 0.291. The van der Waals surface area contributed by atoms with Gasteiger partial charge in [-0.15, -0.1) is 0 Å². The van der Waals surface area contributed by atoms with Gasteiger partial charge in [-0.05, 0) is 7.05 Å². The van der Waals surface area contributed by atoms with E-state index >= 15 is 0 Å². The second kappa shape index (κ2) is 7.02. The molecule has 1 rings (SSSR count). The molecule has 10 heavy (non-hydrogen) atoms. The van der Waals surface area contributed by atoms with Crippen LogP contribution in [0.15, 0.2) is 0 Å². The predicted octanol–water partition coefficient (Wildman–Crippen LogP) is -1.97. The monoisotopic (exact) mass is 145 g/mol. The molecule has 0 saturated carbocycles. The standard InChI is InChI=1S/C5H12N2.BH2O2/c1-7-4-2-6-3-5-7;2-1-3/h6H,2-5H2,1H3;2-3H. The third-order valence-electron chi connectivity index (χ3n) is 1.34. The molecule has 0 aromatic carbocycles. The van der Waals surface area contributed by atoms with Crippen molar-refractivity contribution < 1.29 is 10.0 Å². The van der Waals surface area contributed by atoms with Gasteiger partial charge in [0.25, 0.3) is 0 Å². The summed E-state index contributed by atoms with van der Waals surface area (Å²) in [5.41, 5.74) is 0. The number of hydrogen-bond donors (Lipinski definition) is 3. The van der Waals surface area contributed by atoms with Gasteiger partial charge in [0.1, 0.15) is 0 Å². The molecule has 5 heteroatoms. The minimum Gasteiger partial charge on any atom is -0.429 e. The van der Waals surface area contributed by atoms with Crippen LogP contribution in [0.1, 0.15) is 0 Å². The highest BCUT2D eigenvalue weighted by Crippen LogP contribution is 1.82. The lowest BCUT2D eigenvalue weighted by Gasteiger charge is -2.21. The van der Waals surface area contributed by atoms with Gasteiger partial charge in [0.05, 0.1) is 0 Å². The van der Waals surface area contributed by atoms with Gasteiger partial charge in [-0.2, -0.15) is 0 Å². The zero-order chi connectivity index (χ0) is 7.82. The molecular weight excluding hydrogens is 131 g/mol. The predicted molar refractivity (Wildman–Crippen MR) is 40.6 cm³/mol. The summed E-state index contributed by atoms with van der Waals surface area (Å²) in [6.45, 7) is 4.74. The third kappa shape index (κ3) is 6.03. The Morgan fingerprint density at radius 2 is 1.70 bits per heavy atom. The Balaban J connectivity index is 0.000000236. The van der Waals surface area contributed by atoms with Gasteiger partial charge in [0.2, 0.25) is 0 Å². The fourth-order valence-electron chi connectivity index (χ4n) is 0.777. The van der Waals surface area contributed by atoms with E-state index in [-0.39, 0.29) is 7.69 Å². The van der Waals surface area contributed by atoms with Gasteiger partial charge < -0.3 is 20.3 Å². The van der Waals surface area contributed by atoms with Gasteiger partial charge in [-0.3, -0.25) is 0 Å². The molecule has 0 unspecified atom stereocenters. The van der Waals surface area contributed by atoms with Crippen molar-refractivity contribution in [2.24, 2.45) is 0 Å². The second-order valence-corrected chi connectivity index (χ2v) is 2.17. The molecule has 0 aromatic heterocycles. The molecule has 0 bridgehead atoms. The fraction of sp³-hybridized carbons (Fsp3) is 1.00. The van der Waals surface area contributed by atoms with Crippen LogP contribution in [-0.2, 0) is 0 Å². The maximum atomic E-state index is 7.00. The highest BCUT2D eigenvalue weighted by molar-refractivity contribution is 6.13. The molecule has 0 aliphatic carbocycles. The molecule has 59 valence electrons. The summed E-state index contributed by atoms with van der Waals surface area (Å²) in [4.78, 5) is 2.33. The van der Waals surface area contributed by atoms with E-state index in [1.807, 2.05) is 0 Å². The molecular formula is C5H14BN2O2.